The van der Waals surface area contributed by atoms with E-state index in [0.29, 0.717) is 0 Å². The van der Waals surface area contributed by atoms with Crippen molar-refractivity contribution in [2.45, 2.75) is 56.8 Å². The molecule has 1 N–H and O–H groups in total. The van der Waals surface area contributed by atoms with E-state index in [9.17, 15) is 4.79 Å². The van der Waals surface area contributed by atoms with E-state index in [4.69, 9.17) is 9.47 Å². The van der Waals surface area contributed by atoms with Gasteiger partial charge in [-0.15, -0.1) is 0 Å². The predicted molar refractivity (Wildman–Crippen MR) is 62.1 cm³/mol. The van der Waals surface area contributed by atoms with Crippen LogP contribution in [0.15, 0.2) is 11.8 Å². The van der Waals surface area contributed by atoms with E-state index < -0.39 is 0 Å². The van der Waals surface area contributed by atoms with Gasteiger partial charge in [0.2, 0.25) is 0 Å². The van der Waals surface area contributed by atoms with E-state index in [1.165, 1.54) is 6.42 Å². The van der Waals surface area contributed by atoms with E-state index in [1.807, 2.05) is 0 Å². The molecular formula is C13H19NO3. The van der Waals surface area contributed by atoms with Gasteiger partial charge in [-0.25, -0.2) is 4.79 Å². The summed E-state index contributed by atoms with van der Waals surface area (Å²) in [5, 5.41) is 3.36. The average molecular weight is 237 g/mol. The molecule has 1 unspecified atom stereocenters. The van der Waals surface area contributed by atoms with Crippen LogP contribution in [-0.2, 0) is 14.3 Å². The lowest BCUT2D eigenvalue weighted by molar-refractivity contribution is -0.148. The van der Waals surface area contributed by atoms with Crippen LogP contribution in [0.1, 0.15) is 44.9 Å². The van der Waals surface area contributed by atoms with Crippen LogP contribution < -0.4 is 5.32 Å². The molecule has 0 aromatic rings. The van der Waals surface area contributed by atoms with Gasteiger partial charge in [-0.1, -0.05) is 6.42 Å². The number of carbonyl (C=O) groups is 1. The Morgan fingerprint density at radius 1 is 1.24 bits per heavy atom. The lowest BCUT2D eigenvalue weighted by atomic mass is 9.82. The Bertz CT molecular complexity index is 339. The van der Waals surface area contributed by atoms with E-state index >= 15 is 0 Å². The number of carbonyl (C=O) groups excluding carboxylic acids is 1. The first-order chi connectivity index (χ1) is 8.28. The zero-order valence-electron chi connectivity index (χ0n) is 10.0. The van der Waals surface area contributed by atoms with Gasteiger partial charge in [0.15, 0.2) is 5.60 Å². The Balaban J connectivity index is 1.74. The zero-order valence-corrected chi connectivity index (χ0v) is 10.0. The summed E-state index contributed by atoms with van der Waals surface area (Å²) in [6.07, 6.45) is 9.20. The highest BCUT2D eigenvalue weighted by Gasteiger charge is 2.44. The number of hydrogen-bond acceptors (Lipinski definition) is 4. The molecule has 4 nitrogen and oxygen atoms in total. The molecule has 1 aliphatic carbocycles. The van der Waals surface area contributed by atoms with Crippen LogP contribution in [0.5, 0.6) is 0 Å². The molecule has 3 aliphatic rings. The second kappa shape index (κ2) is 4.33. The maximum absolute atomic E-state index is 11.5. The second-order valence-electron chi connectivity index (χ2n) is 5.18. The van der Waals surface area contributed by atoms with Crippen LogP contribution in [0.4, 0.5) is 0 Å². The van der Waals surface area contributed by atoms with Crippen LogP contribution in [0.3, 0.4) is 0 Å². The summed E-state index contributed by atoms with van der Waals surface area (Å²) < 4.78 is 11.1. The lowest BCUT2D eigenvalue weighted by Crippen LogP contribution is -2.42. The third-order valence-electron chi connectivity index (χ3n) is 3.96. The summed E-state index contributed by atoms with van der Waals surface area (Å²) in [4.78, 5) is 11.5. The summed E-state index contributed by atoms with van der Waals surface area (Å²) in [6.45, 7) is 0.812. The predicted octanol–water partition coefficient (Wildman–Crippen LogP) is 1.86. The molecule has 0 bridgehead atoms. The van der Waals surface area contributed by atoms with Gasteiger partial charge in [-0.2, -0.15) is 0 Å². The Labute approximate surface area is 101 Å². The monoisotopic (exact) mass is 237 g/mol. The minimum Gasteiger partial charge on any atom is -0.449 e. The molecule has 1 atom stereocenters. The molecule has 1 spiro atoms. The summed E-state index contributed by atoms with van der Waals surface area (Å²) in [5.74, 6) is -0.201. The van der Waals surface area contributed by atoms with Gasteiger partial charge < -0.3 is 14.8 Å². The number of rotatable bonds is 2. The number of nitrogens with one attached hydrogen (secondary N) is 1. The van der Waals surface area contributed by atoms with Crippen molar-refractivity contribution in [2.24, 2.45) is 0 Å². The van der Waals surface area contributed by atoms with E-state index in [1.54, 1.807) is 6.08 Å². The van der Waals surface area contributed by atoms with Crippen molar-refractivity contribution in [1.82, 2.24) is 5.32 Å². The van der Waals surface area contributed by atoms with Crippen LogP contribution in [0.2, 0.25) is 0 Å². The van der Waals surface area contributed by atoms with Crippen LogP contribution in [0, 0.1) is 0 Å². The lowest BCUT2D eigenvalue weighted by Gasteiger charge is -2.35. The molecule has 2 aliphatic heterocycles. The Morgan fingerprint density at radius 2 is 2.06 bits per heavy atom. The highest BCUT2D eigenvalue weighted by atomic mass is 16.6. The van der Waals surface area contributed by atoms with Crippen LogP contribution in [0.25, 0.3) is 0 Å². The minimum absolute atomic E-state index is 0.0644. The fraction of sp³-hybridized carbons (Fsp3) is 0.769. The summed E-state index contributed by atoms with van der Waals surface area (Å²) >= 11 is 0. The van der Waals surface area contributed by atoms with Crippen molar-refractivity contribution < 1.29 is 14.3 Å². The molecule has 2 fully saturated rings. The topological polar surface area (TPSA) is 47.6 Å². The van der Waals surface area contributed by atoms with Crippen molar-refractivity contribution in [1.29, 1.82) is 0 Å². The Hall–Kier alpha value is -1.03. The molecule has 0 aromatic heterocycles. The van der Waals surface area contributed by atoms with Crippen molar-refractivity contribution in [3.05, 3.63) is 11.8 Å². The molecule has 0 radical (unpaired) electrons. The molecule has 94 valence electrons. The highest BCUT2D eigenvalue weighted by molar-refractivity contribution is 5.86. The van der Waals surface area contributed by atoms with Gasteiger partial charge in [0.1, 0.15) is 6.23 Å². The van der Waals surface area contributed by atoms with Gasteiger partial charge in [-0.3, -0.25) is 0 Å². The number of ether oxygens (including phenoxy) is 2. The van der Waals surface area contributed by atoms with Crippen LogP contribution >= 0.6 is 0 Å². The van der Waals surface area contributed by atoms with E-state index in [0.717, 1.165) is 50.8 Å². The molecule has 17 heavy (non-hydrogen) atoms. The van der Waals surface area contributed by atoms with Crippen LogP contribution in [-0.4, -0.2) is 24.4 Å². The van der Waals surface area contributed by atoms with Gasteiger partial charge in [0.25, 0.3) is 0 Å². The van der Waals surface area contributed by atoms with E-state index in [-0.39, 0.29) is 17.8 Å². The quantitative estimate of drug-likeness (QED) is 0.745. The van der Waals surface area contributed by atoms with Crippen molar-refractivity contribution in [3.63, 3.8) is 0 Å². The largest absolute Gasteiger partial charge is 0.449 e. The molecule has 2 heterocycles. The molecular weight excluding hydrogens is 218 g/mol. The highest BCUT2D eigenvalue weighted by Crippen LogP contribution is 2.40. The molecule has 0 amide bonds. The minimum atomic E-state index is -0.360. The normalized spacial score (nSPS) is 31.4. The maximum atomic E-state index is 11.5. The standard InChI is InChI=1S/C13H19NO3/c15-12-9-10(14-11-5-4-8-16-11)13(17-12)6-2-1-3-7-13/h9,11,14H,1-8H2. The zero-order chi connectivity index (χ0) is 11.7. The maximum Gasteiger partial charge on any atom is 0.333 e. The van der Waals surface area contributed by atoms with Gasteiger partial charge in [-0.05, 0) is 38.5 Å². The fourth-order valence-corrected chi connectivity index (χ4v) is 3.06. The summed E-state index contributed by atoms with van der Waals surface area (Å²) in [6, 6.07) is 0. The average Bonchev–Trinajstić information content (AvgIpc) is 2.91. The Morgan fingerprint density at radius 3 is 2.76 bits per heavy atom. The molecule has 4 heteroatoms. The van der Waals surface area contributed by atoms with Gasteiger partial charge >= 0.3 is 5.97 Å². The first-order valence-corrected chi connectivity index (χ1v) is 6.62. The van der Waals surface area contributed by atoms with Crippen molar-refractivity contribution in [2.75, 3.05) is 6.61 Å². The SMILES string of the molecule is O=C1C=C(NC2CCCO2)C2(CCCCC2)O1. The Kier molecular flexibility index (Phi) is 2.82. The summed E-state index contributed by atoms with van der Waals surface area (Å²) in [5.41, 5.74) is 0.593. The smallest absolute Gasteiger partial charge is 0.333 e. The molecule has 3 rings (SSSR count). The third kappa shape index (κ3) is 2.06. The molecule has 0 aromatic carbocycles. The van der Waals surface area contributed by atoms with Gasteiger partial charge in [0, 0.05) is 12.7 Å². The summed E-state index contributed by atoms with van der Waals surface area (Å²) in [7, 11) is 0. The third-order valence-corrected chi connectivity index (χ3v) is 3.96. The van der Waals surface area contributed by atoms with E-state index in [2.05, 4.69) is 5.32 Å². The van der Waals surface area contributed by atoms with Crippen molar-refractivity contribution >= 4 is 5.97 Å². The number of hydrogen-bond donors (Lipinski definition) is 1. The first-order valence-electron chi connectivity index (χ1n) is 6.62. The molecule has 1 saturated carbocycles. The molecule has 1 saturated heterocycles. The second-order valence-corrected chi connectivity index (χ2v) is 5.18. The number of esters is 1. The van der Waals surface area contributed by atoms with Crippen molar-refractivity contribution in [3.8, 4) is 0 Å². The fourth-order valence-electron chi connectivity index (χ4n) is 3.06. The van der Waals surface area contributed by atoms with Gasteiger partial charge in [0.05, 0.1) is 5.70 Å². The first kappa shape index (κ1) is 11.1.